The Morgan fingerprint density at radius 1 is 0.626 bits per heavy atom. The molecule has 6 rings (SSSR count). The molecule has 29 nitrogen and oxygen atoms in total. The number of carboxylic acid groups (broad SMARTS) is 1. The first kappa shape index (κ1) is 71.5. The zero-order chi connectivity index (χ0) is 66.1. The fraction of sp³-hybridized carbons (Fsp3) is 0.597. The number of aromatic amines is 3. The summed E-state index contributed by atoms with van der Waals surface area (Å²) in [5.74, 6) is -8.45. The number of rotatable bonds is 37. The number of aliphatic hydroxyl groups excluding tert-OH is 1. The number of carboxylic acids is 1. The number of H-pyrrole nitrogens is 3. The normalized spacial score (nSPS) is 18.1. The highest BCUT2D eigenvalue weighted by atomic mass is 16.4. The number of benzene rings is 1. The second kappa shape index (κ2) is 35.7. The third-order valence-electron chi connectivity index (χ3n) is 16.5. The molecule has 0 bridgehead atoms. The lowest BCUT2D eigenvalue weighted by Crippen LogP contribution is -2.60. The van der Waals surface area contributed by atoms with Crippen LogP contribution in [-0.2, 0) is 73.6 Å². The molecule has 4 aromatic rings. The van der Waals surface area contributed by atoms with Gasteiger partial charge in [0.05, 0.1) is 43.6 Å². The number of nitrogens with one attached hydrogen (secondary N) is 12. The number of aliphatic hydroxyl groups is 1. The molecule has 498 valence electrons. The molecule has 0 spiro atoms. The molecule has 3 aromatic heterocycles. The highest BCUT2D eigenvalue weighted by Crippen LogP contribution is 2.22. The number of nitrogens with zero attached hydrogens (tertiary/aromatic N) is 4. The average Bonchev–Trinajstić information content (AvgIpc) is 2.00. The van der Waals surface area contributed by atoms with Gasteiger partial charge in [0, 0.05) is 67.9 Å². The molecule has 2 saturated heterocycles. The van der Waals surface area contributed by atoms with Crippen LogP contribution in [0.5, 0.6) is 0 Å². The monoisotopic (exact) mass is 1270 g/mol. The first-order valence-electron chi connectivity index (χ1n) is 31.6. The van der Waals surface area contributed by atoms with Crippen molar-refractivity contribution in [2.45, 2.75) is 198 Å². The first-order valence-corrected chi connectivity index (χ1v) is 31.6. The van der Waals surface area contributed by atoms with Crippen LogP contribution in [0.3, 0.4) is 0 Å². The van der Waals surface area contributed by atoms with Crippen molar-refractivity contribution < 1.29 is 58.2 Å². The number of hydrogen-bond donors (Lipinski definition) is 15. The molecule has 2 aliphatic rings. The van der Waals surface area contributed by atoms with Crippen LogP contribution in [0.25, 0.3) is 0 Å². The number of carbonyl (C=O) groups is 10. The Labute approximate surface area is 529 Å². The largest absolute Gasteiger partial charge is 0.480 e. The summed E-state index contributed by atoms with van der Waals surface area (Å²) >= 11 is 0. The van der Waals surface area contributed by atoms with E-state index in [4.69, 9.17) is 5.73 Å². The number of aliphatic carboxylic acids is 1. The van der Waals surface area contributed by atoms with Gasteiger partial charge in [-0.1, -0.05) is 78.3 Å². The van der Waals surface area contributed by atoms with Gasteiger partial charge in [-0.15, -0.1) is 0 Å². The van der Waals surface area contributed by atoms with Crippen molar-refractivity contribution in [3.63, 3.8) is 0 Å². The van der Waals surface area contributed by atoms with Crippen molar-refractivity contribution in [1.29, 1.82) is 0 Å². The van der Waals surface area contributed by atoms with Crippen LogP contribution >= 0.6 is 0 Å². The summed E-state index contributed by atoms with van der Waals surface area (Å²) in [6.45, 7) is 11.8. The number of imidazole rings is 3. The standard InChI is InChI=1S/C62H93N17O12/c1-7-37(6)53(60(88)75-47(26-40-30-65-33-69-40)56(84)71-43(62(90)91)17-11-12-20-63)78-59(87)52(36(4)5)77-51(81)28-50(80)44(23-35(2)3)72-57(85)46(25-39-29-64-32-68-39)73-55(83)45(24-38-15-9-8-10-16-38)74-58(86)49-19-14-22-79(49)61(89)48(27-41-31-66-34-70-41)76-54(82)42-18-13-21-67-42/h8-10,15-16,29-37,42-50,52-53,67,80H,7,11-14,17-28,63H2,1-6H3,(H,64,68)(H,65,69)(H,66,70)(H,71,84)(H,72,85)(H,73,83)(H,74,86)(H,75,88)(H,76,82)(H,77,81)(H,78,87)(H,90,91)/t37-,42-,43-,44-,45-,46-,47-,48-,49-,50-,52-,53-/m0/s1. The fourth-order valence-corrected chi connectivity index (χ4v) is 11.2. The summed E-state index contributed by atoms with van der Waals surface area (Å²) in [7, 11) is 0. The molecule has 16 N–H and O–H groups in total. The number of amides is 9. The third-order valence-corrected chi connectivity index (χ3v) is 16.5. The van der Waals surface area contributed by atoms with E-state index >= 15 is 0 Å². The van der Waals surface area contributed by atoms with Gasteiger partial charge in [0.2, 0.25) is 53.2 Å². The fourth-order valence-electron chi connectivity index (χ4n) is 11.2. The van der Waals surface area contributed by atoms with Crippen LogP contribution in [0.4, 0.5) is 0 Å². The Bertz CT molecular complexity index is 2980. The second-order valence-corrected chi connectivity index (χ2v) is 24.5. The van der Waals surface area contributed by atoms with Crippen LogP contribution in [0.2, 0.25) is 0 Å². The van der Waals surface area contributed by atoms with Gasteiger partial charge in [0.25, 0.3) is 0 Å². The predicted octanol–water partition coefficient (Wildman–Crippen LogP) is -0.539. The van der Waals surface area contributed by atoms with Crippen LogP contribution in [0.15, 0.2) is 67.9 Å². The van der Waals surface area contributed by atoms with Gasteiger partial charge >= 0.3 is 5.97 Å². The molecule has 29 heteroatoms. The minimum atomic E-state index is -1.54. The first-order chi connectivity index (χ1) is 43.5. The molecule has 0 unspecified atom stereocenters. The van der Waals surface area contributed by atoms with E-state index in [1.807, 2.05) is 13.8 Å². The maximum Gasteiger partial charge on any atom is 0.326 e. The summed E-state index contributed by atoms with van der Waals surface area (Å²) in [5, 5.41) is 47.1. The van der Waals surface area contributed by atoms with Crippen LogP contribution in [0.1, 0.15) is 128 Å². The molecule has 91 heavy (non-hydrogen) atoms. The van der Waals surface area contributed by atoms with Gasteiger partial charge in [0.1, 0.15) is 48.3 Å². The lowest BCUT2D eigenvalue weighted by molar-refractivity contribution is -0.142. The zero-order valence-electron chi connectivity index (χ0n) is 52.8. The van der Waals surface area contributed by atoms with E-state index in [0.29, 0.717) is 67.8 Å². The van der Waals surface area contributed by atoms with E-state index in [1.165, 1.54) is 36.3 Å². The number of unbranched alkanes of at least 4 members (excludes halogenated alkanes) is 1. The van der Waals surface area contributed by atoms with Gasteiger partial charge in [-0.05, 0) is 87.8 Å². The lowest BCUT2D eigenvalue weighted by atomic mass is 9.95. The zero-order valence-corrected chi connectivity index (χ0v) is 52.8. The van der Waals surface area contributed by atoms with E-state index < -0.39 is 138 Å². The molecule has 0 radical (unpaired) electrons. The van der Waals surface area contributed by atoms with Crippen molar-refractivity contribution in [2.24, 2.45) is 23.5 Å². The Morgan fingerprint density at radius 2 is 1.18 bits per heavy atom. The smallest absolute Gasteiger partial charge is 0.326 e. The summed E-state index contributed by atoms with van der Waals surface area (Å²) in [5.41, 5.74) is 7.79. The number of hydrogen-bond acceptors (Lipinski definition) is 16. The van der Waals surface area contributed by atoms with E-state index in [1.54, 1.807) is 64.2 Å². The highest BCUT2D eigenvalue weighted by Gasteiger charge is 2.41. The van der Waals surface area contributed by atoms with Gasteiger partial charge < -0.3 is 83.6 Å². The summed E-state index contributed by atoms with van der Waals surface area (Å²) in [6, 6.07) is -2.40. The molecule has 0 saturated carbocycles. The van der Waals surface area contributed by atoms with Gasteiger partial charge in [-0.25, -0.2) is 19.7 Å². The molecule has 9 amide bonds. The summed E-state index contributed by atoms with van der Waals surface area (Å²) in [6.07, 6.45) is 10.2. The minimum Gasteiger partial charge on any atom is -0.480 e. The van der Waals surface area contributed by atoms with Gasteiger partial charge in [0.15, 0.2) is 0 Å². The van der Waals surface area contributed by atoms with Crippen LogP contribution < -0.4 is 53.6 Å². The van der Waals surface area contributed by atoms with Crippen molar-refractivity contribution in [2.75, 3.05) is 19.6 Å². The Morgan fingerprint density at radius 3 is 1.70 bits per heavy atom. The average molecular weight is 1270 g/mol. The maximum atomic E-state index is 14.8. The summed E-state index contributed by atoms with van der Waals surface area (Å²) in [4.78, 5) is 163. The Hall–Kier alpha value is -8.57. The Kier molecular flexibility index (Phi) is 28.1. The molecule has 5 heterocycles. The Balaban J connectivity index is 1.15. The van der Waals surface area contributed by atoms with Crippen molar-refractivity contribution in [1.82, 2.24) is 82.7 Å². The van der Waals surface area contributed by atoms with E-state index in [9.17, 15) is 58.2 Å². The second-order valence-electron chi connectivity index (χ2n) is 24.5. The molecule has 2 aliphatic heterocycles. The van der Waals surface area contributed by atoms with Gasteiger partial charge in [-0.3, -0.25) is 43.2 Å². The third kappa shape index (κ3) is 22.1. The van der Waals surface area contributed by atoms with E-state index in [2.05, 4.69) is 77.8 Å². The molecule has 0 aliphatic carbocycles. The molecule has 2 fully saturated rings. The quantitative estimate of drug-likeness (QED) is 0.0252. The molecular formula is C62H93N17O12. The maximum absolute atomic E-state index is 14.8. The van der Waals surface area contributed by atoms with Crippen molar-refractivity contribution in [3.05, 3.63) is 90.5 Å². The van der Waals surface area contributed by atoms with Crippen molar-refractivity contribution in [3.8, 4) is 0 Å². The highest BCUT2D eigenvalue weighted by molar-refractivity contribution is 5.98. The van der Waals surface area contributed by atoms with Crippen LogP contribution in [0, 0.1) is 17.8 Å². The molecule has 1 aromatic carbocycles. The number of aromatic nitrogens is 6. The number of carbonyl (C=O) groups excluding carboxylic acids is 9. The summed E-state index contributed by atoms with van der Waals surface area (Å²) < 4.78 is 0. The van der Waals surface area contributed by atoms with Gasteiger partial charge in [-0.2, -0.15) is 0 Å². The number of likely N-dealkylation sites (tertiary alicyclic amines) is 1. The molecular weight excluding hydrogens is 1170 g/mol. The van der Waals surface area contributed by atoms with E-state index in [-0.39, 0.29) is 63.3 Å². The van der Waals surface area contributed by atoms with E-state index in [0.717, 1.165) is 6.42 Å². The van der Waals surface area contributed by atoms with Crippen molar-refractivity contribution >= 4 is 59.1 Å². The minimum absolute atomic E-state index is 0.0198. The lowest BCUT2D eigenvalue weighted by Gasteiger charge is -2.31. The molecule has 12 atom stereocenters. The SMILES string of the molecule is CC[C@H](C)[C@H](NC(=O)[C@@H](NC(=O)C[C@H](O)[C@H](CC(C)C)NC(=O)[C@H](Cc1cnc[nH]1)NC(=O)[C@H](Cc1ccccc1)NC(=O)[C@@H]1CCCN1C(=O)[C@H](Cc1cnc[nH]1)NC(=O)[C@@H]1CCCN1)C(C)C)C(=O)N[C@@H](Cc1cnc[nH]1)C(=O)N[C@@H](CCCCN)C(=O)O. The predicted molar refractivity (Wildman–Crippen MR) is 333 cm³/mol. The van der Waals surface area contributed by atoms with Crippen LogP contribution in [-0.4, -0.2) is 190 Å². The topological polar surface area (TPSA) is 435 Å². The number of nitrogens with two attached hydrogens (primary N) is 1.